The summed E-state index contributed by atoms with van der Waals surface area (Å²) in [6.07, 6.45) is 9.89. The third-order valence-corrected chi connectivity index (χ3v) is 5.37. The third-order valence-electron chi connectivity index (χ3n) is 5.37. The highest BCUT2D eigenvalue weighted by atomic mass is 19.1. The fraction of sp³-hybridized carbons (Fsp3) is 0.400. The number of nitrogens with zero attached hydrogens (tertiary/aromatic N) is 3. The molecule has 8 heteroatoms. The molecule has 2 heterocycles. The van der Waals surface area contributed by atoms with E-state index in [0.717, 1.165) is 35.9 Å². The number of ether oxygens (including phenoxy) is 2. The van der Waals surface area contributed by atoms with Gasteiger partial charge in [0.15, 0.2) is 5.82 Å². The van der Waals surface area contributed by atoms with Crippen LogP contribution in [0.2, 0.25) is 0 Å². The molecule has 0 amide bonds. The van der Waals surface area contributed by atoms with Crippen molar-refractivity contribution in [2.75, 3.05) is 7.11 Å². The minimum absolute atomic E-state index is 0.0724. The van der Waals surface area contributed by atoms with Gasteiger partial charge in [0.2, 0.25) is 5.88 Å². The van der Waals surface area contributed by atoms with Crippen molar-refractivity contribution < 1.29 is 23.8 Å². The average molecular weight is 454 g/mol. The van der Waals surface area contributed by atoms with Gasteiger partial charge in [-0.3, -0.25) is 4.79 Å². The van der Waals surface area contributed by atoms with E-state index in [2.05, 4.69) is 10.1 Å². The van der Waals surface area contributed by atoms with E-state index in [4.69, 9.17) is 14.6 Å². The van der Waals surface area contributed by atoms with Crippen LogP contribution in [0.1, 0.15) is 61.3 Å². The minimum atomic E-state index is -0.831. The number of hydrogen-bond donors (Lipinski definition) is 1. The molecule has 2 aromatic heterocycles. The molecule has 0 unspecified atom stereocenters. The molecule has 7 nitrogen and oxygen atoms in total. The molecule has 0 atom stereocenters. The van der Waals surface area contributed by atoms with Gasteiger partial charge in [0.25, 0.3) is 0 Å². The molecule has 0 radical (unpaired) electrons. The van der Waals surface area contributed by atoms with E-state index in [1.807, 2.05) is 24.3 Å². The van der Waals surface area contributed by atoms with Gasteiger partial charge in [-0.05, 0) is 37.0 Å². The number of aliphatic carboxylic acids is 1. The van der Waals surface area contributed by atoms with E-state index < -0.39 is 11.8 Å². The van der Waals surface area contributed by atoms with Gasteiger partial charge in [0.05, 0.1) is 25.2 Å². The molecule has 33 heavy (non-hydrogen) atoms. The quantitative estimate of drug-likeness (QED) is 0.487. The smallest absolute Gasteiger partial charge is 0.303 e. The summed E-state index contributed by atoms with van der Waals surface area (Å²) in [5.41, 5.74) is 3.03. The molecular formula is C25H28FN3O4. The largest absolute Gasteiger partial charge is 0.489 e. The summed E-state index contributed by atoms with van der Waals surface area (Å²) in [4.78, 5) is 14.7. The zero-order valence-electron chi connectivity index (χ0n) is 18.7. The SMILES string of the molecule is C1CC1.COc1cc(-n2ncc(COc3cccc(CCC(=O)O)c3)c2C2CC2)c(F)cn1. The van der Waals surface area contributed by atoms with E-state index in [-0.39, 0.29) is 13.0 Å². The lowest BCUT2D eigenvalue weighted by Gasteiger charge is -2.12. The summed E-state index contributed by atoms with van der Waals surface area (Å²) in [5.74, 6) is -0.0162. The summed E-state index contributed by atoms with van der Waals surface area (Å²) < 4.78 is 27.1. The molecule has 174 valence electrons. The maximum absolute atomic E-state index is 14.4. The van der Waals surface area contributed by atoms with Crippen LogP contribution < -0.4 is 9.47 Å². The van der Waals surface area contributed by atoms with Crippen molar-refractivity contribution in [2.24, 2.45) is 0 Å². The lowest BCUT2D eigenvalue weighted by molar-refractivity contribution is -0.136. The number of benzene rings is 1. The first kappa shape index (κ1) is 22.8. The molecule has 5 rings (SSSR count). The second kappa shape index (κ2) is 10.5. The third kappa shape index (κ3) is 6.31. The number of methoxy groups -OCH3 is 1. The Morgan fingerprint density at radius 2 is 2.00 bits per heavy atom. The molecule has 1 N–H and O–H groups in total. The van der Waals surface area contributed by atoms with E-state index in [1.165, 1.54) is 32.4 Å². The van der Waals surface area contributed by atoms with E-state index in [1.54, 1.807) is 10.9 Å². The number of carboxylic acids is 1. The predicted molar refractivity (Wildman–Crippen MR) is 120 cm³/mol. The average Bonchev–Trinajstić information content (AvgIpc) is 3.75. The fourth-order valence-electron chi connectivity index (χ4n) is 3.37. The highest BCUT2D eigenvalue weighted by molar-refractivity contribution is 5.67. The summed E-state index contributed by atoms with van der Waals surface area (Å²) in [7, 11) is 1.48. The molecule has 0 aliphatic heterocycles. The predicted octanol–water partition coefficient (Wildman–Crippen LogP) is 5.06. The van der Waals surface area contributed by atoms with Gasteiger partial charge >= 0.3 is 5.97 Å². The Kier molecular flexibility index (Phi) is 7.22. The van der Waals surface area contributed by atoms with E-state index in [0.29, 0.717) is 29.7 Å². The number of halogens is 1. The second-order valence-corrected chi connectivity index (χ2v) is 8.31. The molecule has 3 aromatic rings. The molecule has 0 bridgehead atoms. The zero-order valence-corrected chi connectivity index (χ0v) is 18.7. The van der Waals surface area contributed by atoms with Crippen LogP contribution in [-0.2, 0) is 17.8 Å². The van der Waals surface area contributed by atoms with E-state index >= 15 is 0 Å². The van der Waals surface area contributed by atoms with E-state index in [9.17, 15) is 9.18 Å². The van der Waals surface area contributed by atoms with Crippen LogP contribution in [0.4, 0.5) is 4.39 Å². The molecule has 0 saturated heterocycles. The molecule has 2 saturated carbocycles. The maximum Gasteiger partial charge on any atom is 0.303 e. The van der Waals surface area contributed by atoms with Crippen molar-refractivity contribution in [1.29, 1.82) is 0 Å². The number of pyridine rings is 1. The molecule has 2 aliphatic rings. The van der Waals surface area contributed by atoms with Crippen molar-refractivity contribution >= 4 is 5.97 Å². The highest BCUT2D eigenvalue weighted by Crippen LogP contribution is 2.43. The molecule has 1 aromatic carbocycles. The van der Waals surface area contributed by atoms with Gasteiger partial charge in [-0.2, -0.15) is 5.10 Å². The fourth-order valence-corrected chi connectivity index (χ4v) is 3.37. The van der Waals surface area contributed by atoms with Crippen LogP contribution in [0.3, 0.4) is 0 Å². The van der Waals surface area contributed by atoms with Gasteiger partial charge < -0.3 is 14.6 Å². The Hall–Kier alpha value is -3.42. The summed E-state index contributed by atoms with van der Waals surface area (Å²) in [5, 5.41) is 13.3. The summed E-state index contributed by atoms with van der Waals surface area (Å²) in [6, 6.07) is 8.93. The Bertz CT molecular complexity index is 1110. The van der Waals surface area contributed by atoms with Gasteiger partial charge in [0, 0.05) is 24.0 Å². The van der Waals surface area contributed by atoms with Crippen LogP contribution in [-0.4, -0.2) is 33.0 Å². The zero-order chi connectivity index (χ0) is 23.2. The normalized spacial score (nSPS) is 14.2. The minimum Gasteiger partial charge on any atom is -0.489 e. The van der Waals surface area contributed by atoms with Crippen molar-refractivity contribution in [3.8, 4) is 17.3 Å². The number of rotatable bonds is 9. The first-order chi connectivity index (χ1) is 16.0. The standard InChI is InChI=1S/C22H22FN3O4.C3H6/c1-29-20-10-19(18(23)12-24-20)26-22(15-6-7-15)16(11-25-26)13-30-17-4-2-3-14(9-17)5-8-21(27)28;1-2-3-1/h2-4,9-12,15H,5-8,13H2,1H3,(H,27,28);1-3H2. The van der Waals surface area contributed by atoms with Crippen molar-refractivity contribution in [3.63, 3.8) is 0 Å². The lowest BCUT2D eigenvalue weighted by atomic mass is 10.1. The Balaban J connectivity index is 0.000000799. The Morgan fingerprint density at radius 3 is 2.67 bits per heavy atom. The number of aryl methyl sites for hydroxylation is 1. The van der Waals surface area contributed by atoms with Crippen molar-refractivity contribution in [2.45, 2.75) is 57.5 Å². The maximum atomic E-state index is 14.4. The number of carbonyl (C=O) groups is 1. The highest BCUT2D eigenvalue weighted by Gasteiger charge is 2.31. The Labute approximate surface area is 192 Å². The first-order valence-electron chi connectivity index (χ1n) is 11.3. The van der Waals surface area contributed by atoms with Gasteiger partial charge in [-0.1, -0.05) is 31.4 Å². The van der Waals surface area contributed by atoms with Crippen LogP contribution in [0.5, 0.6) is 11.6 Å². The Morgan fingerprint density at radius 1 is 1.21 bits per heavy atom. The summed E-state index contributed by atoms with van der Waals surface area (Å²) >= 11 is 0. The molecule has 2 aliphatic carbocycles. The van der Waals surface area contributed by atoms with Crippen LogP contribution >= 0.6 is 0 Å². The number of aromatic nitrogens is 3. The summed E-state index contributed by atoms with van der Waals surface area (Å²) in [6.45, 7) is 0.290. The van der Waals surface area contributed by atoms with Crippen LogP contribution in [0, 0.1) is 5.82 Å². The topological polar surface area (TPSA) is 86.5 Å². The van der Waals surface area contributed by atoms with Gasteiger partial charge in [-0.15, -0.1) is 0 Å². The van der Waals surface area contributed by atoms with Gasteiger partial charge in [0.1, 0.15) is 18.0 Å². The first-order valence-corrected chi connectivity index (χ1v) is 11.3. The van der Waals surface area contributed by atoms with Crippen molar-refractivity contribution in [3.05, 3.63) is 65.4 Å². The number of hydrogen-bond acceptors (Lipinski definition) is 5. The molecular weight excluding hydrogens is 425 g/mol. The number of carboxylic acid groups (broad SMARTS) is 1. The second-order valence-electron chi connectivity index (χ2n) is 8.31. The van der Waals surface area contributed by atoms with Crippen LogP contribution in [0.25, 0.3) is 5.69 Å². The van der Waals surface area contributed by atoms with Crippen molar-refractivity contribution in [1.82, 2.24) is 14.8 Å². The van der Waals surface area contributed by atoms with Gasteiger partial charge in [-0.25, -0.2) is 14.1 Å². The monoisotopic (exact) mass is 453 g/mol. The molecule has 0 spiro atoms. The lowest BCUT2D eigenvalue weighted by Crippen LogP contribution is -2.07. The van der Waals surface area contributed by atoms with Crippen LogP contribution in [0.15, 0.2) is 42.7 Å². The molecule has 2 fully saturated rings.